The van der Waals surface area contributed by atoms with Gasteiger partial charge in [0.1, 0.15) is 0 Å². The van der Waals surface area contributed by atoms with Crippen molar-refractivity contribution in [2.75, 3.05) is 16.4 Å². The van der Waals surface area contributed by atoms with Crippen LogP contribution in [0.1, 0.15) is 11.1 Å². The lowest BCUT2D eigenvalue weighted by Gasteiger charge is -2.24. The average molecular weight is 479 g/mol. The number of amides is 1. The van der Waals surface area contributed by atoms with E-state index >= 15 is 0 Å². The van der Waals surface area contributed by atoms with E-state index in [4.69, 9.17) is 0 Å². The Morgan fingerprint density at radius 1 is 1.21 bits per heavy atom. The number of amidine groups is 1. The van der Waals surface area contributed by atoms with E-state index in [1.807, 2.05) is 60.4 Å². The highest BCUT2D eigenvalue weighted by Gasteiger charge is 2.49. The SMILES string of the molecule is Cc1ccc(CC(=O)N=C2S[C@H]3CS(=O)(=O)C[C@@H]3N2c2cccc(Br)c2)cc1. The number of sulfone groups is 1. The minimum absolute atomic E-state index is 0.0857. The lowest BCUT2D eigenvalue weighted by Crippen LogP contribution is -2.37. The van der Waals surface area contributed by atoms with Crippen LogP contribution in [0.4, 0.5) is 5.69 Å². The van der Waals surface area contributed by atoms with Crippen LogP contribution in [0.3, 0.4) is 0 Å². The number of rotatable bonds is 3. The molecule has 0 aromatic heterocycles. The second-order valence-electron chi connectivity index (χ2n) is 7.10. The summed E-state index contributed by atoms with van der Waals surface area (Å²) >= 11 is 4.86. The summed E-state index contributed by atoms with van der Waals surface area (Å²) in [7, 11) is -3.08. The highest BCUT2D eigenvalue weighted by atomic mass is 79.9. The molecule has 2 fully saturated rings. The van der Waals surface area contributed by atoms with Crippen molar-refractivity contribution >= 4 is 54.3 Å². The molecule has 146 valence electrons. The Hall–Kier alpha value is -1.64. The minimum Gasteiger partial charge on any atom is -0.316 e. The van der Waals surface area contributed by atoms with Crippen LogP contribution in [0.15, 0.2) is 58.0 Å². The van der Waals surface area contributed by atoms with Crippen molar-refractivity contribution in [2.45, 2.75) is 24.6 Å². The average Bonchev–Trinajstić information content (AvgIpc) is 3.07. The highest BCUT2D eigenvalue weighted by molar-refractivity contribution is 9.10. The Morgan fingerprint density at radius 3 is 2.68 bits per heavy atom. The molecule has 0 radical (unpaired) electrons. The molecule has 0 bridgehead atoms. The fraction of sp³-hybridized carbons (Fsp3) is 0.300. The Balaban J connectivity index is 1.63. The molecule has 4 rings (SSSR count). The number of carbonyl (C=O) groups excluding carboxylic acids is 1. The molecule has 0 saturated carbocycles. The van der Waals surface area contributed by atoms with Crippen molar-refractivity contribution in [2.24, 2.45) is 4.99 Å². The maximum absolute atomic E-state index is 12.6. The summed E-state index contributed by atoms with van der Waals surface area (Å²) in [5.41, 5.74) is 2.90. The van der Waals surface area contributed by atoms with Gasteiger partial charge in [-0.25, -0.2) is 8.42 Å². The van der Waals surface area contributed by atoms with Crippen LogP contribution in [0.2, 0.25) is 0 Å². The maximum atomic E-state index is 12.6. The molecular weight excluding hydrogens is 460 g/mol. The summed E-state index contributed by atoms with van der Waals surface area (Å²) in [6, 6.07) is 15.3. The Morgan fingerprint density at radius 2 is 1.96 bits per heavy atom. The predicted octanol–water partition coefficient (Wildman–Crippen LogP) is 3.60. The number of fused-ring (bicyclic) bond motifs is 1. The van der Waals surface area contributed by atoms with Crippen molar-refractivity contribution in [3.05, 3.63) is 64.1 Å². The number of nitrogens with zero attached hydrogens (tertiary/aromatic N) is 2. The number of thioether (sulfide) groups is 1. The van der Waals surface area contributed by atoms with Crippen molar-refractivity contribution in [3.8, 4) is 0 Å². The number of aliphatic imine (C=N–C) groups is 1. The van der Waals surface area contributed by atoms with Gasteiger partial charge < -0.3 is 4.90 Å². The molecule has 28 heavy (non-hydrogen) atoms. The number of benzene rings is 2. The second kappa shape index (κ2) is 7.65. The summed E-state index contributed by atoms with van der Waals surface area (Å²) in [6.45, 7) is 2.00. The molecule has 0 aliphatic carbocycles. The molecule has 2 aliphatic rings. The standard InChI is InChI=1S/C20H19BrN2O3S2/c1-13-5-7-14(8-6-13)9-19(24)22-20-23(16-4-2-3-15(21)10-16)17-11-28(25,26)12-18(17)27-20/h2-8,10,17-18H,9,11-12H2,1H3/t17-,18-/m0/s1. The van der Waals surface area contributed by atoms with Gasteiger partial charge in [-0.15, -0.1) is 0 Å². The van der Waals surface area contributed by atoms with Crippen molar-refractivity contribution in [3.63, 3.8) is 0 Å². The lowest BCUT2D eigenvalue weighted by molar-refractivity contribution is -0.117. The third-order valence-corrected chi connectivity index (χ3v) is 8.55. The Kier molecular flexibility index (Phi) is 5.37. The predicted molar refractivity (Wildman–Crippen MR) is 118 cm³/mol. The molecule has 0 unspecified atom stereocenters. The first kappa shape index (κ1) is 19.7. The van der Waals surface area contributed by atoms with E-state index < -0.39 is 9.84 Å². The number of carbonyl (C=O) groups is 1. The van der Waals surface area contributed by atoms with E-state index in [1.54, 1.807) is 0 Å². The minimum atomic E-state index is -3.08. The van der Waals surface area contributed by atoms with Gasteiger partial charge in [0.15, 0.2) is 15.0 Å². The number of hydrogen-bond acceptors (Lipinski definition) is 4. The van der Waals surface area contributed by atoms with Gasteiger partial charge in [0.05, 0.1) is 24.0 Å². The van der Waals surface area contributed by atoms with E-state index in [-0.39, 0.29) is 35.1 Å². The number of aryl methyl sites for hydroxylation is 1. The molecule has 8 heteroatoms. The van der Waals surface area contributed by atoms with Crippen LogP contribution >= 0.6 is 27.7 Å². The zero-order valence-electron chi connectivity index (χ0n) is 15.2. The summed E-state index contributed by atoms with van der Waals surface area (Å²) < 4.78 is 25.2. The highest BCUT2D eigenvalue weighted by Crippen LogP contribution is 2.41. The zero-order valence-corrected chi connectivity index (χ0v) is 18.4. The third-order valence-electron chi connectivity index (χ3n) is 4.85. The van der Waals surface area contributed by atoms with Crippen molar-refractivity contribution < 1.29 is 13.2 Å². The summed E-state index contributed by atoms with van der Waals surface area (Å²) in [5.74, 6) is -0.0189. The lowest BCUT2D eigenvalue weighted by atomic mass is 10.1. The second-order valence-corrected chi connectivity index (χ2v) is 11.4. The molecule has 2 aromatic rings. The Bertz CT molecular complexity index is 1050. The van der Waals surface area contributed by atoms with Crippen molar-refractivity contribution in [1.82, 2.24) is 0 Å². The van der Waals surface area contributed by atoms with Gasteiger partial charge in [0.25, 0.3) is 5.91 Å². The first-order valence-electron chi connectivity index (χ1n) is 8.90. The number of hydrogen-bond donors (Lipinski definition) is 0. The molecule has 2 aliphatic heterocycles. The molecule has 2 heterocycles. The van der Waals surface area contributed by atoms with Crippen LogP contribution < -0.4 is 4.90 Å². The molecule has 5 nitrogen and oxygen atoms in total. The summed E-state index contributed by atoms with van der Waals surface area (Å²) in [6.07, 6.45) is 0.226. The summed E-state index contributed by atoms with van der Waals surface area (Å²) in [5, 5.41) is 0.481. The van der Waals surface area contributed by atoms with Gasteiger partial charge in [-0.05, 0) is 30.7 Å². The van der Waals surface area contributed by atoms with Gasteiger partial charge in [0, 0.05) is 15.4 Å². The monoisotopic (exact) mass is 478 g/mol. The van der Waals surface area contributed by atoms with Crippen LogP contribution in [0.5, 0.6) is 0 Å². The molecule has 0 N–H and O–H groups in total. The van der Waals surface area contributed by atoms with Crippen LogP contribution in [-0.4, -0.2) is 42.3 Å². The van der Waals surface area contributed by atoms with E-state index in [9.17, 15) is 13.2 Å². The zero-order chi connectivity index (χ0) is 19.9. The largest absolute Gasteiger partial charge is 0.316 e. The van der Waals surface area contributed by atoms with Crippen LogP contribution in [0, 0.1) is 6.92 Å². The molecule has 1 amide bonds. The smallest absolute Gasteiger partial charge is 0.252 e. The van der Waals surface area contributed by atoms with E-state index in [2.05, 4.69) is 20.9 Å². The first-order valence-corrected chi connectivity index (χ1v) is 12.4. The Labute approximate surface area is 177 Å². The molecular formula is C20H19BrN2O3S2. The van der Waals surface area contributed by atoms with Gasteiger partial charge in [-0.3, -0.25) is 4.79 Å². The molecule has 2 saturated heterocycles. The topological polar surface area (TPSA) is 66.8 Å². The van der Waals surface area contributed by atoms with Gasteiger partial charge in [-0.2, -0.15) is 4.99 Å². The van der Waals surface area contributed by atoms with Gasteiger partial charge >= 0.3 is 0 Å². The van der Waals surface area contributed by atoms with Crippen molar-refractivity contribution in [1.29, 1.82) is 0 Å². The first-order chi connectivity index (χ1) is 13.3. The number of anilines is 1. The summed E-state index contributed by atoms with van der Waals surface area (Å²) in [4.78, 5) is 18.9. The molecule has 0 spiro atoms. The third kappa shape index (κ3) is 4.18. The van der Waals surface area contributed by atoms with Gasteiger partial charge in [-0.1, -0.05) is 63.6 Å². The van der Waals surface area contributed by atoms with Gasteiger partial charge in [0.2, 0.25) is 0 Å². The fourth-order valence-corrected chi connectivity index (χ4v) is 7.84. The number of halogens is 1. The van der Waals surface area contributed by atoms with E-state index in [1.165, 1.54) is 11.8 Å². The molecule has 2 atom stereocenters. The van der Waals surface area contributed by atoms with Crippen LogP contribution in [-0.2, 0) is 21.1 Å². The molecule has 2 aromatic carbocycles. The van der Waals surface area contributed by atoms with Crippen LogP contribution in [0.25, 0.3) is 0 Å². The van der Waals surface area contributed by atoms with E-state index in [0.717, 1.165) is 21.3 Å². The quantitative estimate of drug-likeness (QED) is 0.673. The normalized spacial score (nSPS) is 24.5. The maximum Gasteiger partial charge on any atom is 0.252 e. The van der Waals surface area contributed by atoms with E-state index in [0.29, 0.717) is 5.17 Å². The fourth-order valence-electron chi connectivity index (χ4n) is 3.52.